The Morgan fingerprint density at radius 2 is 2.04 bits per heavy atom. The number of halogens is 1. The maximum absolute atomic E-state index is 13.1. The number of hydrogen-bond acceptors (Lipinski definition) is 3. The quantitative estimate of drug-likeness (QED) is 0.751. The van der Waals surface area contributed by atoms with Crippen LogP contribution in [0.5, 0.6) is 0 Å². The zero-order valence-electron chi connectivity index (χ0n) is 13.0. The zero-order chi connectivity index (χ0) is 17.1. The van der Waals surface area contributed by atoms with Crippen LogP contribution >= 0.6 is 0 Å². The Hall–Kier alpha value is -3.09. The van der Waals surface area contributed by atoms with Crippen molar-refractivity contribution in [1.29, 1.82) is 0 Å². The van der Waals surface area contributed by atoms with E-state index in [9.17, 15) is 14.0 Å². The monoisotopic (exact) mass is 329 g/mol. The van der Waals surface area contributed by atoms with E-state index in [-0.39, 0.29) is 30.7 Å². The van der Waals surface area contributed by atoms with E-state index in [0.717, 1.165) is 5.52 Å². The first-order valence-electron chi connectivity index (χ1n) is 7.37. The number of carbonyl (C=O) groups is 2. The summed E-state index contributed by atoms with van der Waals surface area (Å²) in [4.78, 5) is 24.0. The number of nitrogens with zero attached hydrogens (tertiary/aromatic N) is 1. The van der Waals surface area contributed by atoms with Crippen molar-refractivity contribution >= 4 is 22.9 Å². The van der Waals surface area contributed by atoms with Gasteiger partial charge in [-0.25, -0.2) is 4.39 Å². The second-order valence-electron chi connectivity index (χ2n) is 5.35. The van der Waals surface area contributed by atoms with Crippen LogP contribution in [0.3, 0.4) is 0 Å². The molecule has 124 valence electrons. The molecule has 2 amide bonds. The average molecular weight is 329 g/mol. The lowest BCUT2D eigenvalue weighted by Gasteiger charge is -2.08. The van der Waals surface area contributed by atoms with E-state index in [1.165, 1.54) is 12.1 Å². The molecule has 0 fully saturated rings. The van der Waals surface area contributed by atoms with E-state index < -0.39 is 0 Å². The molecule has 0 saturated carbocycles. The summed E-state index contributed by atoms with van der Waals surface area (Å²) in [5.41, 5.74) is 2.47. The van der Waals surface area contributed by atoms with Crippen LogP contribution in [-0.2, 0) is 18.4 Å². The molecule has 2 N–H and O–H groups in total. The first-order valence-corrected chi connectivity index (χ1v) is 7.37. The Morgan fingerprint density at radius 3 is 2.79 bits per heavy atom. The van der Waals surface area contributed by atoms with E-state index in [4.69, 9.17) is 4.42 Å². The summed E-state index contributed by atoms with van der Waals surface area (Å²) >= 11 is 0. The van der Waals surface area contributed by atoms with Gasteiger partial charge in [0, 0.05) is 25.7 Å². The number of amides is 2. The van der Waals surface area contributed by atoms with Crippen molar-refractivity contribution in [3.05, 3.63) is 59.7 Å². The van der Waals surface area contributed by atoms with Crippen LogP contribution in [0.15, 0.2) is 47.1 Å². The lowest BCUT2D eigenvalue weighted by molar-refractivity contribution is -0.120. The van der Waals surface area contributed by atoms with Gasteiger partial charge >= 0.3 is 0 Å². The number of aryl methyl sites for hydroxylation is 1. The maximum atomic E-state index is 13.1. The number of benzene rings is 1. The van der Waals surface area contributed by atoms with Gasteiger partial charge in [0.05, 0.1) is 18.3 Å². The summed E-state index contributed by atoms with van der Waals surface area (Å²) in [6.45, 7) is 0.0320. The molecule has 0 bridgehead atoms. The molecule has 7 heteroatoms. The Balaban J connectivity index is 1.53. The van der Waals surface area contributed by atoms with E-state index in [2.05, 4.69) is 10.6 Å². The molecule has 3 aromatic rings. The van der Waals surface area contributed by atoms with Gasteiger partial charge in [0.15, 0.2) is 5.58 Å². The molecule has 0 aliphatic heterocycles. The van der Waals surface area contributed by atoms with Crippen LogP contribution in [0, 0.1) is 5.82 Å². The van der Waals surface area contributed by atoms with Crippen LogP contribution < -0.4 is 10.6 Å². The number of hydrogen-bond donors (Lipinski definition) is 2. The van der Waals surface area contributed by atoms with Gasteiger partial charge in [-0.15, -0.1) is 0 Å². The third-order valence-electron chi connectivity index (χ3n) is 3.68. The minimum atomic E-state index is -0.371. The summed E-state index contributed by atoms with van der Waals surface area (Å²) in [5, 5.41) is 5.17. The summed E-state index contributed by atoms with van der Waals surface area (Å²) in [5.74, 6) is -1.08. The Bertz CT molecular complexity index is 898. The third-order valence-corrected chi connectivity index (χ3v) is 3.68. The van der Waals surface area contributed by atoms with Gasteiger partial charge in [-0.1, -0.05) is 12.1 Å². The van der Waals surface area contributed by atoms with Gasteiger partial charge in [0.1, 0.15) is 11.5 Å². The molecule has 2 aromatic heterocycles. The molecule has 3 rings (SSSR count). The van der Waals surface area contributed by atoms with Gasteiger partial charge in [0.2, 0.25) is 5.91 Å². The maximum Gasteiger partial charge on any atom is 0.268 e. The SMILES string of the molecule is Cn1c(C(=O)NCC(=O)NCc2cccc(F)c2)cc2occc21. The molecule has 0 spiro atoms. The van der Waals surface area contributed by atoms with E-state index >= 15 is 0 Å². The van der Waals surface area contributed by atoms with Gasteiger partial charge in [-0.2, -0.15) is 0 Å². The largest absolute Gasteiger partial charge is 0.463 e. The van der Waals surface area contributed by atoms with Gasteiger partial charge in [-0.3, -0.25) is 9.59 Å². The van der Waals surface area contributed by atoms with Crippen molar-refractivity contribution < 1.29 is 18.4 Å². The van der Waals surface area contributed by atoms with Crippen LogP contribution in [0.25, 0.3) is 11.1 Å². The number of aromatic nitrogens is 1. The molecule has 0 radical (unpaired) electrons. The molecule has 0 aliphatic rings. The molecule has 2 heterocycles. The van der Waals surface area contributed by atoms with E-state index in [0.29, 0.717) is 16.8 Å². The highest BCUT2D eigenvalue weighted by Gasteiger charge is 2.15. The topological polar surface area (TPSA) is 76.3 Å². The normalized spacial score (nSPS) is 10.8. The highest BCUT2D eigenvalue weighted by molar-refractivity contribution is 5.99. The summed E-state index contributed by atoms with van der Waals surface area (Å²) in [7, 11) is 1.75. The molecule has 6 nitrogen and oxygen atoms in total. The summed E-state index contributed by atoms with van der Waals surface area (Å²) < 4.78 is 20.0. The zero-order valence-corrected chi connectivity index (χ0v) is 13.0. The van der Waals surface area contributed by atoms with Gasteiger partial charge in [0.25, 0.3) is 5.91 Å². The third kappa shape index (κ3) is 3.29. The molecular weight excluding hydrogens is 313 g/mol. The predicted molar refractivity (Wildman–Crippen MR) is 85.8 cm³/mol. The Kier molecular flexibility index (Phi) is 4.33. The van der Waals surface area contributed by atoms with Crippen LogP contribution in [0.4, 0.5) is 4.39 Å². The second-order valence-corrected chi connectivity index (χ2v) is 5.35. The van der Waals surface area contributed by atoms with Crippen LogP contribution in [0.1, 0.15) is 16.1 Å². The van der Waals surface area contributed by atoms with Crippen molar-refractivity contribution in [3.8, 4) is 0 Å². The fourth-order valence-corrected chi connectivity index (χ4v) is 2.43. The van der Waals surface area contributed by atoms with Crippen molar-refractivity contribution in [3.63, 3.8) is 0 Å². The number of rotatable bonds is 5. The molecule has 24 heavy (non-hydrogen) atoms. The van der Waals surface area contributed by atoms with Crippen molar-refractivity contribution in [2.24, 2.45) is 7.05 Å². The Labute approximate surface area is 137 Å². The van der Waals surface area contributed by atoms with Crippen LogP contribution in [-0.4, -0.2) is 22.9 Å². The highest BCUT2D eigenvalue weighted by Crippen LogP contribution is 2.19. The van der Waals surface area contributed by atoms with E-state index in [1.54, 1.807) is 42.1 Å². The van der Waals surface area contributed by atoms with Gasteiger partial charge in [-0.05, 0) is 17.7 Å². The fraction of sp³-hybridized carbons (Fsp3) is 0.176. The molecule has 1 aromatic carbocycles. The minimum Gasteiger partial charge on any atom is -0.463 e. The van der Waals surface area contributed by atoms with Gasteiger partial charge < -0.3 is 19.6 Å². The number of fused-ring (bicyclic) bond motifs is 1. The van der Waals surface area contributed by atoms with Crippen molar-refractivity contribution in [2.75, 3.05) is 6.54 Å². The molecular formula is C17H16FN3O3. The van der Waals surface area contributed by atoms with Crippen molar-refractivity contribution in [2.45, 2.75) is 6.54 Å². The summed E-state index contributed by atoms with van der Waals surface area (Å²) in [6.07, 6.45) is 1.55. The molecule has 0 saturated heterocycles. The highest BCUT2D eigenvalue weighted by atomic mass is 19.1. The number of furan rings is 1. The van der Waals surface area contributed by atoms with E-state index in [1.807, 2.05) is 0 Å². The standard InChI is InChI=1S/C17H16FN3O3/c1-21-13-5-6-24-15(13)8-14(21)17(23)20-10-16(22)19-9-11-3-2-4-12(18)7-11/h2-8H,9-10H2,1H3,(H,19,22)(H,20,23). The lowest BCUT2D eigenvalue weighted by atomic mass is 10.2. The first kappa shape index (κ1) is 15.8. The number of nitrogens with one attached hydrogen (secondary N) is 2. The fourth-order valence-electron chi connectivity index (χ4n) is 2.43. The second kappa shape index (κ2) is 6.57. The Morgan fingerprint density at radius 1 is 1.21 bits per heavy atom. The molecule has 0 atom stereocenters. The minimum absolute atomic E-state index is 0.166. The lowest BCUT2D eigenvalue weighted by Crippen LogP contribution is -2.37. The first-order chi connectivity index (χ1) is 11.5. The van der Waals surface area contributed by atoms with Crippen molar-refractivity contribution in [1.82, 2.24) is 15.2 Å². The molecule has 0 aliphatic carbocycles. The number of carbonyl (C=O) groups excluding carboxylic acids is 2. The van der Waals surface area contributed by atoms with Crippen LogP contribution in [0.2, 0.25) is 0 Å². The summed E-state index contributed by atoms with van der Waals surface area (Å²) in [6, 6.07) is 9.34. The molecule has 0 unspecified atom stereocenters. The smallest absolute Gasteiger partial charge is 0.268 e. The predicted octanol–water partition coefficient (Wildman–Crippen LogP) is 1.96. The average Bonchev–Trinajstić information content (AvgIpc) is 3.14.